The summed E-state index contributed by atoms with van der Waals surface area (Å²) in [5.74, 6) is -2.78. The third-order valence-electron chi connectivity index (χ3n) is 7.23. The first-order chi connectivity index (χ1) is 17.3. The van der Waals surface area contributed by atoms with Crippen LogP contribution in [0.2, 0.25) is 0 Å². The zero-order chi connectivity index (χ0) is 27.2. The molecule has 1 unspecified atom stereocenters. The van der Waals surface area contributed by atoms with Gasteiger partial charge in [0.25, 0.3) is 0 Å². The first kappa shape index (κ1) is 28.4. The first-order valence-electron chi connectivity index (χ1n) is 12.0. The van der Waals surface area contributed by atoms with Gasteiger partial charge in [-0.3, -0.25) is 0 Å². The molecule has 3 fully saturated rings. The quantitative estimate of drug-likeness (QED) is 0.227. The van der Waals surface area contributed by atoms with Gasteiger partial charge in [-0.25, -0.2) is 0 Å². The number of halogens is 3. The Morgan fingerprint density at radius 2 is 1.76 bits per heavy atom. The number of alkyl halides is 3. The van der Waals surface area contributed by atoms with Crippen molar-refractivity contribution in [3.05, 3.63) is 29.8 Å². The third kappa shape index (κ3) is 5.45. The molecule has 2 heterocycles. The van der Waals surface area contributed by atoms with Crippen LogP contribution in [0.5, 0.6) is 5.75 Å². The standard InChI is InChI=1S/C23H34F3N3O8/c1-11-8-21(32,10-29-9-12-5-4-6-13(7-12)36-23(24,25)26)22(33)20(34-11)35-19-17(31)14(27-2)16(30)15(28-3)18(19)37-22/h4-7,11,14-20,27-33H,8-10H2,1-3H3/t11-,14-,15+,16+,17+,18-,19?,20+,21-,22-/m1/s1. The Morgan fingerprint density at radius 1 is 1.05 bits per heavy atom. The number of nitrogens with one attached hydrogen (secondary N) is 3. The van der Waals surface area contributed by atoms with E-state index >= 15 is 0 Å². The molecule has 4 rings (SSSR count). The summed E-state index contributed by atoms with van der Waals surface area (Å²) in [5, 5.41) is 53.6. The number of likely N-dealkylation sites (N-methyl/N-ethyl adjacent to an activating group) is 2. The van der Waals surface area contributed by atoms with Crippen LogP contribution in [-0.2, 0) is 20.8 Å². The molecule has 0 spiro atoms. The molecular formula is C23H34F3N3O8. The molecule has 11 nitrogen and oxygen atoms in total. The highest BCUT2D eigenvalue weighted by Gasteiger charge is 2.68. The van der Waals surface area contributed by atoms with Gasteiger partial charge >= 0.3 is 6.36 Å². The molecule has 3 aliphatic rings. The molecule has 0 bridgehead atoms. The summed E-state index contributed by atoms with van der Waals surface area (Å²) in [5.41, 5.74) is -1.52. The number of rotatable bonds is 7. The highest BCUT2D eigenvalue weighted by atomic mass is 19.4. The van der Waals surface area contributed by atoms with Gasteiger partial charge in [0.05, 0.1) is 24.3 Å². The van der Waals surface area contributed by atoms with Gasteiger partial charge in [0.15, 0.2) is 0 Å². The topological polar surface area (TPSA) is 154 Å². The van der Waals surface area contributed by atoms with Crippen LogP contribution < -0.4 is 20.7 Å². The molecule has 1 aromatic carbocycles. The van der Waals surface area contributed by atoms with Crippen molar-refractivity contribution in [1.29, 1.82) is 0 Å². The lowest BCUT2D eigenvalue weighted by Crippen LogP contribution is -2.81. The second-order valence-electron chi connectivity index (χ2n) is 9.80. The third-order valence-corrected chi connectivity index (χ3v) is 7.23. The van der Waals surface area contributed by atoms with Gasteiger partial charge < -0.3 is 55.3 Å². The minimum absolute atomic E-state index is 0.0423. The van der Waals surface area contributed by atoms with Crippen molar-refractivity contribution >= 4 is 0 Å². The Morgan fingerprint density at radius 3 is 2.41 bits per heavy atom. The van der Waals surface area contributed by atoms with E-state index in [4.69, 9.17) is 14.2 Å². The van der Waals surface area contributed by atoms with Crippen LogP contribution in [0.1, 0.15) is 18.9 Å². The summed E-state index contributed by atoms with van der Waals surface area (Å²) in [6, 6.07) is 3.83. The van der Waals surface area contributed by atoms with E-state index in [0.29, 0.717) is 5.56 Å². The molecule has 2 aliphatic heterocycles. The van der Waals surface area contributed by atoms with E-state index in [1.807, 2.05) is 0 Å². The normalized spacial score (nSPS) is 42.1. The fourth-order valence-electron chi connectivity index (χ4n) is 5.49. The summed E-state index contributed by atoms with van der Waals surface area (Å²) in [6.07, 6.45) is -11.3. The van der Waals surface area contributed by atoms with Crippen LogP contribution in [0, 0.1) is 0 Å². The maximum absolute atomic E-state index is 12.5. The van der Waals surface area contributed by atoms with E-state index in [1.165, 1.54) is 18.2 Å². The van der Waals surface area contributed by atoms with Crippen molar-refractivity contribution < 1.29 is 52.5 Å². The Balaban J connectivity index is 1.52. The van der Waals surface area contributed by atoms with Crippen LogP contribution in [0.25, 0.3) is 0 Å². The van der Waals surface area contributed by atoms with Crippen molar-refractivity contribution in [1.82, 2.24) is 16.0 Å². The summed E-state index contributed by atoms with van der Waals surface area (Å²) in [7, 11) is 3.16. The number of aliphatic hydroxyl groups is 4. The number of fused-ring (bicyclic) bond motifs is 2. The van der Waals surface area contributed by atoms with Crippen molar-refractivity contribution in [2.75, 3.05) is 20.6 Å². The van der Waals surface area contributed by atoms with Gasteiger partial charge in [0, 0.05) is 19.5 Å². The molecule has 0 radical (unpaired) electrons. The van der Waals surface area contributed by atoms with Crippen molar-refractivity contribution in [2.45, 2.75) is 86.5 Å². The summed E-state index contributed by atoms with van der Waals surface area (Å²) in [4.78, 5) is 0. The van der Waals surface area contributed by atoms with Crippen LogP contribution in [-0.4, -0.2) is 108 Å². The molecule has 1 saturated carbocycles. The fraction of sp³-hybridized carbons (Fsp3) is 0.739. The SMILES string of the molecule is CN[C@@H]1[C@H](O)[C@H](NC)[C@H]2O[C@]3(O)[C@H](OC2[C@H]1O)O[C@H](C)C[C@@]3(O)CNCc1cccc(OC(F)(F)F)c1. The monoisotopic (exact) mass is 537 g/mol. The largest absolute Gasteiger partial charge is 0.573 e. The number of aliphatic hydroxyl groups excluding tert-OH is 2. The number of hydrogen-bond acceptors (Lipinski definition) is 11. The molecule has 7 N–H and O–H groups in total. The van der Waals surface area contributed by atoms with E-state index in [0.717, 1.165) is 0 Å². The smallest absolute Gasteiger partial charge is 0.406 e. The summed E-state index contributed by atoms with van der Waals surface area (Å²) >= 11 is 0. The van der Waals surface area contributed by atoms with Gasteiger partial charge in [-0.1, -0.05) is 12.1 Å². The zero-order valence-corrected chi connectivity index (χ0v) is 20.6. The maximum atomic E-state index is 12.5. The van der Waals surface area contributed by atoms with Gasteiger partial charge in [-0.05, 0) is 38.7 Å². The van der Waals surface area contributed by atoms with E-state index in [1.54, 1.807) is 27.1 Å². The maximum Gasteiger partial charge on any atom is 0.573 e. The zero-order valence-electron chi connectivity index (χ0n) is 20.6. The summed E-state index contributed by atoms with van der Waals surface area (Å²) < 4.78 is 59.3. The van der Waals surface area contributed by atoms with Gasteiger partial charge in [0.1, 0.15) is 29.7 Å². The molecule has 210 valence electrons. The lowest BCUT2D eigenvalue weighted by molar-refractivity contribution is -0.482. The van der Waals surface area contributed by atoms with Crippen molar-refractivity contribution in [3.8, 4) is 5.75 Å². The molecular weight excluding hydrogens is 503 g/mol. The van der Waals surface area contributed by atoms with Crippen LogP contribution in [0.4, 0.5) is 13.2 Å². The average molecular weight is 538 g/mol. The summed E-state index contributed by atoms with van der Waals surface area (Å²) in [6.45, 7) is 1.47. The van der Waals surface area contributed by atoms with Gasteiger partial charge in [-0.15, -0.1) is 13.2 Å². The number of ether oxygens (including phenoxy) is 4. The number of hydrogen-bond donors (Lipinski definition) is 7. The highest BCUT2D eigenvalue weighted by Crippen LogP contribution is 2.46. The predicted molar refractivity (Wildman–Crippen MR) is 121 cm³/mol. The molecule has 2 saturated heterocycles. The lowest BCUT2D eigenvalue weighted by Gasteiger charge is -2.60. The van der Waals surface area contributed by atoms with Crippen LogP contribution >= 0.6 is 0 Å². The Bertz CT molecular complexity index is 945. The molecule has 0 amide bonds. The van der Waals surface area contributed by atoms with E-state index in [-0.39, 0.29) is 25.3 Å². The van der Waals surface area contributed by atoms with E-state index < -0.39 is 66.6 Å². The van der Waals surface area contributed by atoms with Gasteiger partial charge in [0.2, 0.25) is 12.1 Å². The molecule has 14 heteroatoms. The Hall–Kier alpha value is -1.59. The molecule has 10 atom stereocenters. The highest BCUT2D eigenvalue weighted by molar-refractivity contribution is 5.28. The lowest BCUT2D eigenvalue weighted by atomic mass is 9.77. The molecule has 1 aliphatic carbocycles. The minimum Gasteiger partial charge on any atom is -0.406 e. The van der Waals surface area contributed by atoms with E-state index in [2.05, 4.69) is 20.7 Å². The van der Waals surface area contributed by atoms with E-state index in [9.17, 15) is 33.6 Å². The minimum atomic E-state index is -4.83. The second kappa shape index (κ2) is 10.5. The fourth-order valence-corrected chi connectivity index (χ4v) is 5.49. The predicted octanol–water partition coefficient (Wildman–Crippen LogP) is -1.08. The molecule has 0 aromatic heterocycles. The number of benzene rings is 1. The van der Waals surface area contributed by atoms with Gasteiger partial charge in [-0.2, -0.15) is 0 Å². The molecule has 1 aromatic rings. The first-order valence-corrected chi connectivity index (χ1v) is 12.0. The Labute approximate surface area is 211 Å². The Kier molecular flexibility index (Phi) is 8.08. The van der Waals surface area contributed by atoms with Crippen LogP contribution in [0.3, 0.4) is 0 Å². The average Bonchev–Trinajstić information content (AvgIpc) is 2.79. The van der Waals surface area contributed by atoms with Crippen molar-refractivity contribution in [3.63, 3.8) is 0 Å². The molecule has 37 heavy (non-hydrogen) atoms. The second-order valence-corrected chi connectivity index (χ2v) is 9.80. The van der Waals surface area contributed by atoms with Crippen LogP contribution in [0.15, 0.2) is 24.3 Å². The van der Waals surface area contributed by atoms with Crippen molar-refractivity contribution in [2.24, 2.45) is 0 Å².